The van der Waals surface area contributed by atoms with Gasteiger partial charge in [0.2, 0.25) is 5.91 Å². The third kappa shape index (κ3) is 4.45. The lowest BCUT2D eigenvalue weighted by Gasteiger charge is -2.39. The van der Waals surface area contributed by atoms with Gasteiger partial charge < -0.3 is 14.8 Å². The number of fused-ring (bicyclic) bond motifs is 3. The minimum absolute atomic E-state index is 0.0203. The van der Waals surface area contributed by atoms with Crippen molar-refractivity contribution in [2.75, 3.05) is 16.8 Å². The standard InChI is InChI=1S/C31H29ClN4O2/c1-20-12-15-25(21(2)17-20)33-31(38)35(24-13-14-24)19-29(37)36-27-10-4-3-9-26(27)34-16-6-11-28(34)30(36)22-7-5-8-23(32)18-22/h3-12,15-18,24,30H,13-14,19H2,1-2H3,(H,33,38)/t30-/m0/s1. The summed E-state index contributed by atoms with van der Waals surface area (Å²) >= 11 is 6.40. The summed E-state index contributed by atoms with van der Waals surface area (Å²) < 4.78 is 2.12. The number of para-hydroxylation sites is 2. The van der Waals surface area contributed by atoms with Crippen molar-refractivity contribution in [2.45, 2.75) is 38.8 Å². The molecule has 3 aromatic carbocycles. The first-order valence-corrected chi connectivity index (χ1v) is 13.3. The highest BCUT2D eigenvalue weighted by molar-refractivity contribution is 6.30. The van der Waals surface area contributed by atoms with Gasteiger partial charge in [0, 0.05) is 22.9 Å². The Labute approximate surface area is 227 Å². The molecule has 1 N–H and O–H groups in total. The minimum atomic E-state index is -0.380. The number of rotatable bonds is 5. The molecule has 2 heterocycles. The van der Waals surface area contributed by atoms with Crippen LogP contribution in [0.2, 0.25) is 5.02 Å². The number of amides is 3. The first-order chi connectivity index (χ1) is 18.4. The second-order valence-electron chi connectivity index (χ2n) is 10.1. The first-order valence-electron chi connectivity index (χ1n) is 12.9. The predicted molar refractivity (Wildman–Crippen MR) is 151 cm³/mol. The quantitative estimate of drug-likeness (QED) is 0.309. The lowest BCUT2D eigenvalue weighted by atomic mass is 9.97. The van der Waals surface area contributed by atoms with Crippen LogP contribution in [-0.4, -0.2) is 34.0 Å². The fourth-order valence-corrected chi connectivity index (χ4v) is 5.57. The average Bonchev–Trinajstić information content (AvgIpc) is 3.63. The molecule has 192 valence electrons. The molecule has 6 nitrogen and oxygen atoms in total. The van der Waals surface area contributed by atoms with Gasteiger partial charge >= 0.3 is 6.03 Å². The van der Waals surface area contributed by atoms with Crippen LogP contribution in [0.4, 0.5) is 16.2 Å². The maximum Gasteiger partial charge on any atom is 0.322 e. The number of nitrogens with one attached hydrogen (secondary N) is 1. The van der Waals surface area contributed by atoms with Gasteiger partial charge in [0.1, 0.15) is 12.6 Å². The van der Waals surface area contributed by atoms with E-state index in [2.05, 4.69) is 9.88 Å². The first kappa shape index (κ1) is 24.3. The number of carbonyl (C=O) groups is 2. The van der Waals surface area contributed by atoms with E-state index in [1.165, 1.54) is 0 Å². The van der Waals surface area contributed by atoms with Crippen molar-refractivity contribution >= 4 is 34.9 Å². The molecule has 0 bridgehead atoms. The van der Waals surface area contributed by atoms with E-state index in [1.807, 2.05) is 104 Å². The molecule has 4 aromatic rings. The van der Waals surface area contributed by atoms with Crippen LogP contribution in [0.5, 0.6) is 0 Å². The Morgan fingerprint density at radius 2 is 1.74 bits per heavy atom. The Kier molecular flexibility index (Phi) is 6.20. The third-order valence-electron chi connectivity index (χ3n) is 7.33. The summed E-state index contributed by atoms with van der Waals surface area (Å²) in [6.07, 6.45) is 3.80. The molecular weight excluding hydrogens is 496 g/mol. The summed E-state index contributed by atoms with van der Waals surface area (Å²) in [7, 11) is 0. The Hall–Kier alpha value is -4.03. The van der Waals surface area contributed by atoms with Crippen LogP contribution in [0.25, 0.3) is 5.69 Å². The van der Waals surface area contributed by atoms with Gasteiger partial charge in [-0.15, -0.1) is 0 Å². The van der Waals surface area contributed by atoms with Crippen LogP contribution in [0, 0.1) is 13.8 Å². The van der Waals surface area contributed by atoms with Gasteiger partial charge in [-0.1, -0.05) is 53.6 Å². The fraction of sp³-hybridized carbons (Fsp3) is 0.226. The number of halogens is 1. The number of nitrogens with zero attached hydrogens (tertiary/aromatic N) is 3. The van der Waals surface area contributed by atoms with Gasteiger partial charge in [-0.3, -0.25) is 9.69 Å². The van der Waals surface area contributed by atoms with E-state index in [4.69, 9.17) is 11.6 Å². The van der Waals surface area contributed by atoms with E-state index in [-0.39, 0.29) is 30.6 Å². The van der Waals surface area contributed by atoms with E-state index in [0.29, 0.717) is 5.02 Å². The normalized spacial score (nSPS) is 16.0. The molecule has 38 heavy (non-hydrogen) atoms. The lowest BCUT2D eigenvalue weighted by Crippen LogP contribution is -2.48. The highest BCUT2D eigenvalue weighted by Crippen LogP contribution is 2.43. The number of hydrogen-bond donors (Lipinski definition) is 1. The third-order valence-corrected chi connectivity index (χ3v) is 7.57. The zero-order chi connectivity index (χ0) is 26.4. The summed E-state index contributed by atoms with van der Waals surface area (Å²) in [6.45, 7) is 3.98. The molecule has 1 aliphatic heterocycles. The molecule has 1 aromatic heterocycles. The van der Waals surface area contributed by atoms with Crippen LogP contribution in [0.1, 0.15) is 41.3 Å². The largest absolute Gasteiger partial charge is 0.322 e. The monoisotopic (exact) mass is 524 g/mol. The molecule has 0 radical (unpaired) electrons. The van der Waals surface area contributed by atoms with E-state index in [0.717, 1.165) is 52.3 Å². The van der Waals surface area contributed by atoms with Crippen molar-refractivity contribution in [3.05, 3.63) is 112 Å². The van der Waals surface area contributed by atoms with Crippen LogP contribution in [-0.2, 0) is 4.79 Å². The summed E-state index contributed by atoms with van der Waals surface area (Å²) in [5.74, 6) is -0.141. The van der Waals surface area contributed by atoms with Crippen LogP contribution in [0.3, 0.4) is 0 Å². The number of aromatic nitrogens is 1. The van der Waals surface area contributed by atoms with Gasteiger partial charge in [0.05, 0.1) is 17.1 Å². The SMILES string of the molecule is Cc1ccc(NC(=O)N(CC(=O)N2c3ccccc3-n3cccc3[C@@H]2c2cccc(Cl)c2)C2CC2)c(C)c1. The van der Waals surface area contributed by atoms with Crippen molar-refractivity contribution in [2.24, 2.45) is 0 Å². The van der Waals surface area contributed by atoms with Crippen LogP contribution >= 0.6 is 11.6 Å². The highest BCUT2D eigenvalue weighted by Gasteiger charge is 2.40. The molecule has 6 rings (SSSR count). The number of anilines is 2. The van der Waals surface area contributed by atoms with Gasteiger partial charge in [0.25, 0.3) is 0 Å². The summed E-state index contributed by atoms with van der Waals surface area (Å²) in [4.78, 5) is 31.2. The molecule has 0 saturated heterocycles. The van der Waals surface area contributed by atoms with Crippen LogP contribution in [0.15, 0.2) is 85.1 Å². The van der Waals surface area contributed by atoms with Crippen molar-refractivity contribution < 1.29 is 9.59 Å². The van der Waals surface area contributed by atoms with Crippen molar-refractivity contribution in [1.82, 2.24) is 9.47 Å². The molecule has 0 unspecified atom stereocenters. The number of urea groups is 1. The summed E-state index contributed by atoms with van der Waals surface area (Å²) in [6, 6.07) is 24.9. The van der Waals surface area contributed by atoms with E-state index >= 15 is 0 Å². The van der Waals surface area contributed by atoms with E-state index < -0.39 is 0 Å². The topological polar surface area (TPSA) is 57.6 Å². The highest BCUT2D eigenvalue weighted by atomic mass is 35.5. The van der Waals surface area contributed by atoms with E-state index in [1.54, 1.807) is 4.90 Å². The zero-order valence-electron chi connectivity index (χ0n) is 21.4. The molecule has 1 aliphatic carbocycles. The summed E-state index contributed by atoms with van der Waals surface area (Å²) in [5, 5.41) is 3.65. The lowest BCUT2D eigenvalue weighted by molar-refractivity contribution is -0.119. The molecule has 3 amide bonds. The van der Waals surface area contributed by atoms with Gasteiger partial charge in [0.15, 0.2) is 0 Å². The Morgan fingerprint density at radius 1 is 0.947 bits per heavy atom. The molecule has 1 fully saturated rings. The number of carbonyl (C=O) groups excluding carboxylic acids is 2. The van der Waals surface area contributed by atoms with Gasteiger partial charge in [-0.25, -0.2) is 4.79 Å². The van der Waals surface area contributed by atoms with Crippen molar-refractivity contribution in [1.29, 1.82) is 0 Å². The Balaban J connectivity index is 1.36. The molecular formula is C31H29ClN4O2. The Morgan fingerprint density at radius 3 is 2.47 bits per heavy atom. The fourth-order valence-electron chi connectivity index (χ4n) is 5.37. The maximum absolute atomic E-state index is 14.2. The number of benzene rings is 3. The average molecular weight is 525 g/mol. The Bertz CT molecular complexity index is 1540. The molecule has 7 heteroatoms. The maximum atomic E-state index is 14.2. The van der Waals surface area contributed by atoms with Crippen LogP contribution < -0.4 is 10.2 Å². The van der Waals surface area contributed by atoms with Gasteiger partial charge in [-0.2, -0.15) is 0 Å². The molecule has 1 atom stereocenters. The van der Waals surface area contributed by atoms with Crippen molar-refractivity contribution in [3.8, 4) is 5.69 Å². The minimum Gasteiger partial charge on any atom is -0.316 e. The molecule has 1 saturated carbocycles. The second-order valence-corrected chi connectivity index (χ2v) is 10.6. The van der Waals surface area contributed by atoms with Crippen molar-refractivity contribution in [3.63, 3.8) is 0 Å². The van der Waals surface area contributed by atoms with Gasteiger partial charge in [-0.05, 0) is 80.3 Å². The molecule has 0 spiro atoms. The number of hydrogen-bond acceptors (Lipinski definition) is 2. The summed E-state index contributed by atoms with van der Waals surface area (Å²) in [5.41, 5.74) is 6.50. The molecule has 2 aliphatic rings. The smallest absolute Gasteiger partial charge is 0.316 e. The van der Waals surface area contributed by atoms with E-state index in [9.17, 15) is 9.59 Å². The number of aryl methyl sites for hydroxylation is 2. The second kappa shape index (κ2) is 9.69. The predicted octanol–water partition coefficient (Wildman–Crippen LogP) is 6.88. The zero-order valence-corrected chi connectivity index (χ0v) is 22.2.